The predicted octanol–water partition coefficient (Wildman–Crippen LogP) is 2.71. The fourth-order valence-corrected chi connectivity index (χ4v) is 4.08. The molecule has 2 N–H and O–H groups in total. The molecular formula is C19H23N5O3. The lowest BCUT2D eigenvalue weighted by Crippen LogP contribution is -2.46. The van der Waals surface area contributed by atoms with E-state index >= 15 is 0 Å². The maximum Gasteiger partial charge on any atom is 0.222 e. The highest BCUT2D eigenvalue weighted by Crippen LogP contribution is 2.57. The minimum absolute atomic E-state index is 0.0255. The summed E-state index contributed by atoms with van der Waals surface area (Å²) in [6.45, 7) is 6.19. The molecule has 2 aromatic rings. The van der Waals surface area contributed by atoms with Gasteiger partial charge in [0.1, 0.15) is 17.5 Å². The highest BCUT2D eigenvalue weighted by molar-refractivity contribution is 5.88. The number of carbonyl (C=O) groups is 1. The van der Waals surface area contributed by atoms with Crippen LogP contribution >= 0.6 is 0 Å². The van der Waals surface area contributed by atoms with Crippen LogP contribution in [0.1, 0.15) is 38.2 Å². The van der Waals surface area contributed by atoms with Crippen LogP contribution in [0.2, 0.25) is 0 Å². The first kappa shape index (κ1) is 17.7. The van der Waals surface area contributed by atoms with E-state index in [9.17, 15) is 4.79 Å². The number of methoxy groups -OCH3 is 1. The van der Waals surface area contributed by atoms with Gasteiger partial charge < -0.3 is 20.1 Å². The molecule has 1 amide bonds. The average Bonchev–Trinajstić information content (AvgIpc) is 3.09. The molecule has 2 aliphatic heterocycles. The quantitative estimate of drug-likeness (QED) is 0.836. The van der Waals surface area contributed by atoms with Gasteiger partial charge in [0, 0.05) is 24.8 Å². The minimum Gasteiger partial charge on any atom is -0.493 e. The molecule has 2 bridgehead atoms. The number of rotatable bonds is 5. The van der Waals surface area contributed by atoms with Crippen LogP contribution in [0.4, 0.5) is 17.3 Å². The van der Waals surface area contributed by atoms with Gasteiger partial charge in [-0.1, -0.05) is 0 Å². The number of carbonyl (C=O) groups excluding carboxylic acids is 1. The monoisotopic (exact) mass is 369 g/mol. The molecule has 3 aliphatic rings. The highest BCUT2D eigenvalue weighted by Gasteiger charge is 2.62. The fraction of sp³-hybridized carbons (Fsp3) is 0.474. The summed E-state index contributed by atoms with van der Waals surface area (Å²) in [7, 11) is 1.57. The first-order chi connectivity index (χ1) is 12.8. The van der Waals surface area contributed by atoms with Crippen LogP contribution in [0.5, 0.6) is 5.75 Å². The van der Waals surface area contributed by atoms with Gasteiger partial charge in [-0.05, 0) is 26.7 Å². The molecule has 5 rings (SSSR count). The summed E-state index contributed by atoms with van der Waals surface area (Å²) in [6.07, 6.45) is 3.46. The molecule has 1 saturated carbocycles. The van der Waals surface area contributed by atoms with Gasteiger partial charge in [-0.2, -0.15) is 0 Å². The third kappa shape index (κ3) is 3.21. The summed E-state index contributed by atoms with van der Waals surface area (Å²) in [4.78, 5) is 24.9. The smallest absolute Gasteiger partial charge is 0.222 e. The van der Waals surface area contributed by atoms with E-state index < -0.39 is 0 Å². The maximum atomic E-state index is 11.3. The number of anilines is 3. The Morgan fingerprint density at radius 2 is 2.04 bits per heavy atom. The Kier molecular flexibility index (Phi) is 4.03. The van der Waals surface area contributed by atoms with Crippen molar-refractivity contribution in [1.29, 1.82) is 0 Å². The molecule has 8 heteroatoms. The van der Waals surface area contributed by atoms with Crippen LogP contribution in [0.25, 0.3) is 0 Å². The number of amides is 1. The molecule has 0 aromatic carbocycles. The summed E-state index contributed by atoms with van der Waals surface area (Å²) in [5, 5.41) is 5.95. The number of hydrogen-bond donors (Lipinski definition) is 2. The minimum atomic E-state index is -0.188. The lowest BCUT2D eigenvalue weighted by molar-refractivity contribution is -0.114. The number of nitrogens with one attached hydrogen (secondary N) is 2. The van der Waals surface area contributed by atoms with Crippen molar-refractivity contribution in [3.63, 3.8) is 0 Å². The molecule has 2 aromatic heterocycles. The molecule has 3 fully saturated rings. The van der Waals surface area contributed by atoms with Crippen molar-refractivity contribution in [2.24, 2.45) is 0 Å². The molecule has 2 saturated heterocycles. The normalized spacial score (nSPS) is 25.6. The second kappa shape index (κ2) is 6.16. The molecular weight excluding hydrogens is 346 g/mol. The Morgan fingerprint density at radius 1 is 1.26 bits per heavy atom. The molecule has 0 radical (unpaired) electrons. The molecule has 0 atom stereocenters. The molecule has 0 unspecified atom stereocenters. The number of hydrogen-bond acceptors (Lipinski definition) is 7. The van der Waals surface area contributed by atoms with Crippen LogP contribution in [0.15, 0.2) is 18.3 Å². The van der Waals surface area contributed by atoms with Crippen LogP contribution < -0.4 is 15.4 Å². The summed E-state index contributed by atoms with van der Waals surface area (Å²) < 4.78 is 11.3. The van der Waals surface area contributed by atoms with Crippen molar-refractivity contribution in [3.8, 4) is 5.75 Å². The Bertz CT molecular complexity index is 908. The van der Waals surface area contributed by atoms with Gasteiger partial charge in [0.05, 0.1) is 36.6 Å². The fourth-order valence-electron chi connectivity index (χ4n) is 4.08. The number of aromatic nitrogens is 3. The molecule has 0 spiro atoms. The van der Waals surface area contributed by atoms with E-state index in [1.165, 1.54) is 6.92 Å². The lowest BCUT2D eigenvalue weighted by atomic mass is 9.63. The standard InChI is InChI=1S/C19H23N5O3/c1-11-5-16(24-17(21-11)19-8-18(3,9-19)27-10-19)23-13-6-15(22-12(2)25)20-7-14(13)26-4/h5-7H,8-10H2,1-4H3,(H2,20,21,22,23,24,25). The van der Waals surface area contributed by atoms with Crippen LogP contribution in [-0.4, -0.2) is 40.2 Å². The van der Waals surface area contributed by atoms with Crippen molar-refractivity contribution in [2.75, 3.05) is 24.4 Å². The van der Waals surface area contributed by atoms with E-state index in [1.807, 2.05) is 13.0 Å². The predicted molar refractivity (Wildman–Crippen MR) is 100 cm³/mol. The second-order valence-electron chi connectivity index (χ2n) is 7.67. The summed E-state index contributed by atoms with van der Waals surface area (Å²) >= 11 is 0. The van der Waals surface area contributed by atoms with E-state index in [2.05, 4.69) is 27.5 Å². The van der Waals surface area contributed by atoms with E-state index in [1.54, 1.807) is 19.4 Å². The maximum absolute atomic E-state index is 11.3. The van der Waals surface area contributed by atoms with Crippen LogP contribution in [0.3, 0.4) is 0 Å². The zero-order valence-electron chi connectivity index (χ0n) is 15.9. The van der Waals surface area contributed by atoms with Gasteiger partial charge in [0.25, 0.3) is 0 Å². The summed E-state index contributed by atoms with van der Waals surface area (Å²) in [6, 6.07) is 3.60. The van der Waals surface area contributed by atoms with Gasteiger partial charge in [-0.25, -0.2) is 15.0 Å². The third-order valence-corrected chi connectivity index (χ3v) is 5.10. The molecule has 142 valence electrons. The van der Waals surface area contributed by atoms with Crippen molar-refractivity contribution in [3.05, 3.63) is 29.8 Å². The number of aryl methyl sites for hydroxylation is 1. The van der Waals surface area contributed by atoms with Gasteiger partial charge in [-0.15, -0.1) is 0 Å². The van der Waals surface area contributed by atoms with Crippen LogP contribution in [0, 0.1) is 6.92 Å². The second-order valence-corrected chi connectivity index (χ2v) is 7.67. The van der Waals surface area contributed by atoms with E-state index in [0.717, 1.165) is 24.4 Å². The molecule has 8 nitrogen and oxygen atoms in total. The Hall–Kier alpha value is -2.74. The van der Waals surface area contributed by atoms with E-state index in [-0.39, 0.29) is 16.9 Å². The summed E-state index contributed by atoms with van der Waals surface area (Å²) in [5.74, 6) is 2.29. The van der Waals surface area contributed by atoms with Gasteiger partial charge in [0.2, 0.25) is 5.91 Å². The Labute approximate surface area is 157 Å². The third-order valence-electron chi connectivity index (χ3n) is 5.10. The Morgan fingerprint density at radius 3 is 2.67 bits per heavy atom. The van der Waals surface area contributed by atoms with Crippen molar-refractivity contribution in [1.82, 2.24) is 15.0 Å². The summed E-state index contributed by atoms with van der Waals surface area (Å²) in [5.41, 5.74) is 1.44. The SMILES string of the molecule is COc1cnc(NC(C)=O)cc1Nc1cc(C)nc(C23COC(C)(C2)C3)n1. The van der Waals surface area contributed by atoms with Crippen molar-refractivity contribution >= 4 is 23.2 Å². The molecule has 4 heterocycles. The zero-order chi connectivity index (χ0) is 19.2. The Balaban J connectivity index is 1.64. The first-order valence-corrected chi connectivity index (χ1v) is 8.90. The van der Waals surface area contributed by atoms with E-state index in [4.69, 9.17) is 14.5 Å². The highest BCUT2D eigenvalue weighted by atomic mass is 16.5. The van der Waals surface area contributed by atoms with Gasteiger partial charge in [0.15, 0.2) is 5.75 Å². The first-order valence-electron chi connectivity index (χ1n) is 8.90. The van der Waals surface area contributed by atoms with Gasteiger partial charge in [-0.3, -0.25) is 4.79 Å². The number of ether oxygens (including phenoxy) is 2. The largest absolute Gasteiger partial charge is 0.493 e. The number of pyridine rings is 1. The van der Waals surface area contributed by atoms with Gasteiger partial charge >= 0.3 is 0 Å². The average molecular weight is 369 g/mol. The van der Waals surface area contributed by atoms with Crippen molar-refractivity contribution in [2.45, 2.75) is 44.6 Å². The topological polar surface area (TPSA) is 98.3 Å². The lowest BCUT2D eigenvalue weighted by Gasteiger charge is -2.41. The molecule has 27 heavy (non-hydrogen) atoms. The van der Waals surface area contributed by atoms with E-state index in [0.29, 0.717) is 29.7 Å². The van der Waals surface area contributed by atoms with Crippen LogP contribution in [-0.2, 0) is 14.9 Å². The molecule has 1 aliphatic carbocycles. The van der Waals surface area contributed by atoms with Crippen molar-refractivity contribution < 1.29 is 14.3 Å². The number of nitrogens with zero attached hydrogens (tertiary/aromatic N) is 3. The number of fused-ring (bicyclic) bond motifs is 1. The zero-order valence-corrected chi connectivity index (χ0v) is 15.9.